The fourth-order valence-corrected chi connectivity index (χ4v) is 1.99. The van der Waals surface area contributed by atoms with E-state index >= 15 is 0 Å². The molecule has 0 unspecified atom stereocenters. The van der Waals surface area contributed by atoms with Crippen molar-refractivity contribution in [2.45, 2.75) is 19.1 Å². The minimum atomic E-state index is -5.01. The maximum Gasteiger partial charge on any atom is 0.573 e. The molecule has 0 saturated heterocycles. The van der Waals surface area contributed by atoms with Gasteiger partial charge < -0.3 is 19.7 Å². The normalized spacial score (nSPS) is 12.1. The molecule has 0 radical (unpaired) electrons. The van der Waals surface area contributed by atoms with Crippen LogP contribution in [0.3, 0.4) is 0 Å². The second-order valence-corrected chi connectivity index (χ2v) is 4.88. The molecule has 10 heteroatoms. The number of hydrogen-bond acceptors (Lipinski definition) is 4. The van der Waals surface area contributed by atoms with Gasteiger partial charge in [-0.2, -0.15) is 0 Å². The number of halogens is 6. The number of phenols is 2. The second kappa shape index (κ2) is 6.61. The van der Waals surface area contributed by atoms with Crippen LogP contribution < -0.4 is 9.47 Å². The van der Waals surface area contributed by atoms with Crippen molar-refractivity contribution in [3.8, 4) is 23.0 Å². The lowest BCUT2D eigenvalue weighted by molar-refractivity contribution is -0.276. The first kappa shape index (κ1) is 18.6. The second-order valence-electron chi connectivity index (χ2n) is 4.88. The van der Waals surface area contributed by atoms with Gasteiger partial charge in [0, 0.05) is 0 Å². The SMILES string of the molecule is Oc1ccc(Cc2ccc(O)c(OC(F)(F)F)c2)cc1OC(F)(F)F. The highest BCUT2D eigenvalue weighted by Crippen LogP contribution is 2.35. The van der Waals surface area contributed by atoms with E-state index in [2.05, 4.69) is 9.47 Å². The maximum atomic E-state index is 12.3. The molecule has 136 valence electrons. The van der Waals surface area contributed by atoms with Crippen LogP contribution >= 0.6 is 0 Å². The van der Waals surface area contributed by atoms with Gasteiger partial charge in [0.05, 0.1) is 0 Å². The summed E-state index contributed by atoms with van der Waals surface area (Å²) in [6.45, 7) is 0. The van der Waals surface area contributed by atoms with Gasteiger partial charge >= 0.3 is 12.7 Å². The summed E-state index contributed by atoms with van der Waals surface area (Å²) in [5.41, 5.74) is 0.446. The highest BCUT2D eigenvalue weighted by molar-refractivity contribution is 5.46. The van der Waals surface area contributed by atoms with E-state index in [1.54, 1.807) is 0 Å². The summed E-state index contributed by atoms with van der Waals surface area (Å²) in [5, 5.41) is 18.7. The molecule has 2 N–H and O–H groups in total. The summed E-state index contributed by atoms with van der Waals surface area (Å²) >= 11 is 0. The van der Waals surface area contributed by atoms with E-state index in [9.17, 15) is 36.6 Å². The fourth-order valence-electron chi connectivity index (χ4n) is 1.99. The lowest BCUT2D eigenvalue weighted by Crippen LogP contribution is -2.17. The van der Waals surface area contributed by atoms with Gasteiger partial charge in [-0.15, -0.1) is 26.3 Å². The molecule has 0 aliphatic heterocycles. The van der Waals surface area contributed by atoms with Crippen LogP contribution in [0.25, 0.3) is 0 Å². The van der Waals surface area contributed by atoms with Gasteiger partial charge in [-0.1, -0.05) is 12.1 Å². The van der Waals surface area contributed by atoms with E-state index in [1.807, 2.05) is 0 Å². The number of hydrogen-bond donors (Lipinski definition) is 2. The topological polar surface area (TPSA) is 58.9 Å². The molecule has 0 amide bonds. The Labute approximate surface area is 136 Å². The molecule has 0 heterocycles. The average molecular weight is 368 g/mol. The molecule has 0 bridgehead atoms. The summed E-state index contributed by atoms with van der Waals surface area (Å²) < 4.78 is 80.8. The van der Waals surface area contributed by atoms with E-state index in [0.717, 1.165) is 24.3 Å². The third-order valence-electron chi connectivity index (χ3n) is 2.91. The summed E-state index contributed by atoms with van der Waals surface area (Å²) in [6.07, 6.45) is -10.1. The molecule has 0 saturated carbocycles. The number of aromatic hydroxyl groups is 2. The third-order valence-corrected chi connectivity index (χ3v) is 2.91. The smallest absolute Gasteiger partial charge is 0.504 e. The van der Waals surface area contributed by atoms with Crippen molar-refractivity contribution in [3.63, 3.8) is 0 Å². The molecule has 0 fully saturated rings. The van der Waals surface area contributed by atoms with Gasteiger partial charge in [0.25, 0.3) is 0 Å². The van der Waals surface area contributed by atoms with Crippen molar-refractivity contribution in [1.82, 2.24) is 0 Å². The minimum absolute atomic E-state index is 0.0943. The summed E-state index contributed by atoms with van der Waals surface area (Å²) in [6, 6.07) is 6.28. The largest absolute Gasteiger partial charge is 0.573 e. The number of phenolic OH excluding ortho intramolecular Hbond substituents is 2. The monoisotopic (exact) mass is 368 g/mol. The van der Waals surface area contributed by atoms with Crippen molar-refractivity contribution in [2.75, 3.05) is 0 Å². The number of rotatable bonds is 4. The van der Waals surface area contributed by atoms with Crippen molar-refractivity contribution in [3.05, 3.63) is 47.5 Å². The van der Waals surface area contributed by atoms with Crippen LogP contribution in [0.5, 0.6) is 23.0 Å². The van der Waals surface area contributed by atoms with E-state index in [1.165, 1.54) is 12.1 Å². The summed E-state index contributed by atoms with van der Waals surface area (Å²) in [7, 11) is 0. The zero-order chi connectivity index (χ0) is 18.8. The van der Waals surface area contributed by atoms with Crippen LogP contribution in [-0.4, -0.2) is 22.9 Å². The predicted octanol–water partition coefficient (Wildman–Crippen LogP) is 4.49. The molecule has 0 aliphatic carbocycles. The Hall–Kier alpha value is -2.78. The molecule has 0 aliphatic rings. The van der Waals surface area contributed by atoms with Crippen LogP contribution in [0.2, 0.25) is 0 Å². The minimum Gasteiger partial charge on any atom is -0.504 e. The van der Waals surface area contributed by atoms with Crippen molar-refractivity contribution < 1.29 is 46.0 Å². The average Bonchev–Trinajstić information content (AvgIpc) is 2.43. The number of alkyl halides is 6. The molecular formula is C15H10F6O4. The predicted molar refractivity (Wildman–Crippen MR) is 72.4 cm³/mol. The van der Waals surface area contributed by atoms with Crippen LogP contribution in [-0.2, 0) is 6.42 Å². The lowest BCUT2D eigenvalue weighted by atomic mass is 10.0. The first-order valence-electron chi connectivity index (χ1n) is 6.58. The zero-order valence-electron chi connectivity index (χ0n) is 12.1. The lowest BCUT2D eigenvalue weighted by Gasteiger charge is -2.13. The Bertz CT molecular complexity index is 691. The Kier molecular flexibility index (Phi) is 4.91. The standard InChI is InChI=1S/C15H10F6O4/c16-14(17,18)24-12-6-8(1-3-10(12)22)5-9-2-4-11(23)13(7-9)25-15(19,20)21/h1-4,6-7,22-23H,5H2. The number of ether oxygens (including phenoxy) is 2. The first-order valence-corrected chi connectivity index (χ1v) is 6.58. The Morgan fingerprint density at radius 3 is 1.36 bits per heavy atom. The van der Waals surface area contributed by atoms with Gasteiger partial charge in [0.1, 0.15) is 0 Å². The van der Waals surface area contributed by atoms with Gasteiger partial charge in [0.2, 0.25) is 0 Å². The Morgan fingerprint density at radius 2 is 1.04 bits per heavy atom. The molecule has 25 heavy (non-hydrogen) atoms. The molecule has 2 aromatic carbocycles. The van der Waals surface area contributed by atoms with Crippen LogP contribution in [0.15, 0.2) is 36.4 Å². The van der Waals surface area contributed by atoms with Crippen LogP contribution in [0.1, 0.15) is 11.1 Å². The highest BCUT2D eigenvalue weighted by Gasteiger charge is 2.33. The molecule has 0 spiro atoms. The molecule has 0 aromatic heterocycles. The van der Waals surface area contributed by atoms with E-state index < -0.39 is 35.7 Å². The van der Waals surface area contributed by atoms with Gasteiger partial charge in [-0.3, -0.25) is 0 Å². The van der Waals surface area contributed by atoms with Gasteiger partial charge in [-0.25, -0.2) is 0 Å². The van der Waals surface area contributed by atoms with Gasteiger partial charge in [-0.05, 0) is 41.8 Å². The van der Waals surface area contributed by atoms with Crippen LogP contribution in [0, 0.1) is 0 Å². The van der Waals surface area contributed by atoms with Crippen molar-refractivity contribution >= 4 is 0 Å². The zero-order valence-corrected chi connectivity index (χ0v) is 12.1. The van der Waals surface area contributed by atoms with Crippen molar-refractivity contribution in [1.29, 1.82) is 0 Å². The molecule has 0 atom stereocenters. The molecular weight excluding hydrogens is 358 g/mol. The van der Waals surface area contributed by atoms with Crippen LogP contribution in [0.4, 0.5) is 26.3 Å². The number of benzene rings is 2. The van der Waals surface area contributed by atoms with Gasteiger partial charge in [0.15, 0.2) is 23.0 Å². The van der Waals surface area contributed by atoms with Crippen molar-refractivity contribution in [2.24, 2.45) is 0 Å². The van der Waals surface area contributed by atoms with E-state index in [-0.39, 0.29) is 17.5 Å². The quantitative estimate of drug-likeness (QED) is 0.781. The Morgan fingerprint density at radius 1 is 0.680 bits per heavy atom. The molecule has 2 rings (SSSR count). The Balaban J connectivity index is 2.25. The molecule has 2 aromatic rings. The highest BCUT2D eigenvalue weighted by atomic mass is 19.4. The first-order chi connectivity index (χ1) is 11.4. The van der Waals surface area contributed by atoms with E-state index in [4.69, 9.17) is 0 Å². The van der Waals surface area contributed by atoms with E-state index in [0.29, 0.717) is 0 Å². The molecule has 4 nitrogen and oxygen atoms in total. The maximum absolute atomic E-state index is 12.3. The third kappa shape index (κ3) is 5.66. The summed E-state index contributed by atoms with van der Waals surface area (Å²) in [5.74, 6) is -3.16. The summed E-state index contributed by atoms with van der Waals surface area (Å²) in [4.78, 5) is 0. The fraction of sp³-hybridized carbons (Fsp3) is 0.200.